The van der Waals surface area contributed by atoms with Crippen LogP contribution in [0, 0.1) is 12.5 Å². The second kappa shape index (κ2) is 17.7. The van der Waals surface area contributed by atoms with E-state index in [9.17, 15) is 0 Å². The van der Waals surface area contributed by atoms with Crippen molar-refractivity contribution in [2.75, 3.05) is 0 Å². The van der Waals surface area contributed by atoms with E-state index in [2.05, 4.69) is 127 Å². The molecule has 5 aromatic carbocycles. The maximum Gasteiger partial charge on any atom is -0.172 e. The Morgan fingerprint density at radius 2 is 1.17 bits per heavy atom. The van der Waals surface area contributed by atoms with Crippen LogP contribution in [0.25, 0.3) is 21.5 Å². The van der Waals surface area contributed by atoms with E-state index in [1.165, 1.54) is 88.2 Å². The number of hydrogen-bond donors (Lipinski definition) is 0. The van der Waals surface area contributed by atoms with E-state index in [4.69, 9.17) is 0 Å². The molecule has 0 amide bonds. The van der Waals surface area contributed by atoms with Gasteiger partial charge >= 0.3 is 28.4 Å². The van der Waals surface area contributed by atoms with E-state index in [1.807, 2.05) is 42.5 Å². The molecule has 1 saturated carbocycles. The molecular formula is C41H52Zr-4. The van der Waals surface area contributed by atoms with Gasteiger partial charge in [0.15, 0.2) is 0 Å². The Balaban J connectivity index is 0.000000238. The number of benzene rings is 3. The summed E-state index contributed by atoms with van der Waals surface area (Å²) >= 11 is 1.30. The molecule has 0 spiro atoms. The zero-order valence-corrected chi connectivity index (χ0v) is 29.9. The summed E-state index contributed by atoms with van der Waals surface area (Å²) in [6.45, 7) is 18.0. The van der Waals surface area contributed by atoms with Crippen LogP contribution in [0.2, 0.25) is 0 Å². The molecule has 1 aliphatic carbocycles. The van der Waals surface area contributed by atoms with E-state index >= 15 is 0 Å². The average Bonchev–Trinajstić information content (AvgIpc) is 3.77. The Kier molecular flexibility index (Phi) is 15.1. The first kappa shape index (κ1) is 35.8. The van der Waals surface area contributed by atoms with E-state index in [0.717, 1.165) is 0 Å². The molecule has 0 unspecified atom stereocenters. The molecule has 5 aromatic rings. The van der Waals surface area contributed by atoms with Gasteiger partial charge in [-0.25, -0.2) is 12.1 Å². The van der Waals surface area contributed by atoms with Crippen molar-refractivity contribution in [2.24, 2.45) is 0 Å². The maximum atomic E-state index is 3.34. The number of rotatable bonds is 1. The first-order valence-corrected chi connectivity index (χ1v) is 17.1. The van der Waals surface area contributed by atoms with Crippen LogP contribution in [-0.2, 0) is 35.1 Å². The molecule has 0 heterocycles. The van der Waals surface area contributed by atoms with E-state index in [-0.39, 0.29) is 10.8 Å². The summed E-state index contributed by atoms with van der Waals surface area (Å²) in [6, 6.07) is 37.3. The second-order valence-electron chi connectivity index (χ2n) is 13.3. The van der Waals surface area contributed by atoms with Gasteiger partial charge in [-0.3, -0.25) is 0 Å². The molecule has 0 radical (unpaired) electrons. The monoisotopic (exact) mass is 634 g/mol. The fourth-order valence-corrected chi connectivity index (χ4v) is 4.78. The molecule has 6 rings (SSSR count). The molecular weight excluding hydrogens is 584 g/mol. The summed E-state index contributed by atoms with van der Waals surface area (Å²) in [7, 11) is 0. The van der Waals surface area contributed by atoms with Crippen LogP contribution in [-0.4, -0.2) is 4.21 Å². The molecule has 0 saturated heterocycles. The van der Waals surface area contributed by atoms with Crippen molar-refractivity contribution >= 4 is 25.8 Å². The Hall–Kier alpha value is -2.37. The van der Waals surface area contributed by atoms with Crippen LogP contribution in [0.4, 0.5) is 0 Å². The molecule has 0 bridgehead atoms. The minimum atomic E-state index is 0.203. The Morgan fingerprint density at radius 1 is 0.714 bits per heavy atom. The predicted molar refractivity (Wildman–Crippen MR) is 186 cm³/mol. The Bertz CT molecular complexity index is 1310. The van der Waals surface area contributed by atoms with Gasteiger partial charge in [-0.05, 0) is 16.7 Å². The molecule has 0 N–H and O–H groups in total. The fraction of sp³-hybridized carbons (Fsp3) is 0.366. The van der Waals surface area contributed by atoms with Gasteiger partial charge in [-0.15, -0.1) is 39.7 Å². The summed E-state index contributed by atoms with van der Waals surface area (Å²) in [5, 5.41) is 5.48. The fourth-order valence-electron chi connectivity index (χ4n) is 4.78. The van der Waals surface area contributed by atoms with E-state index in [0.29, 0.717) is 5.92 Å². The molecule has 1 aliphatic rings. The van der Waals surface area contributed by atoms with Gasteiger partial charge in [0.2, 0.25) is 0 Å². The third kappa shape index (κ3) is 11.7. The van der Waals surface area contributed by atoms with Crippen molar-refractivity contribution in [3.63, 3.8) is 0 Å². The van der Waals surface area contributed by atoms with Gasteiger partial charge in [0.05, 0.1) is 0 Å². The molecule has 0 nitrogen and oxygen atoms in total. The van der Waals surface area contributed by atoms with Crippen LogP contribution in [0.1, 0.15) is 104 Å². The maximum absolute atomic E-state index is 3.34. The zero-order valence-electron chi connectivity index (χ0n) is 27.4. The minimum absolute atomic E-state index is 0.203. The smallest absolute Gasteiger partial charge is 0.172 e. The van der Waals surface area contributed by atoms with E-state index in [1.54, 1.807) is 0 Å². The average molecular weight is 636 g/mol. The first-order valence-electron chi connectivity index (χ1n) is 15.4. The van der Waals surface area contributed by atoms with Crippen molar-refractivity contribution in [1.82, 2.24) is 0 Å². The molecule has 1 heteroatoms. The molecule has 42 heavy (non-hydrogen) atoms. The predicted octanol–water partition coefficient (Wildman–Crippen LogP) is 12.1. The molecule has 0 aliphatic heterocycles. The van der Waals surface area contributed by atoms with Crippen molar-refractivity contribution in [2.45, 2.75) is 97.8 Å². The first-order chi connectivity index (χ1) is 20.0. The minimum Gasteiger partial charge on any atom is -0.214 e. The van der Waals surface area contributed by atoms with Crippen LogP contribution in [0.15, 0.2) is 97.1 Å². The van der Waals surface area contributed by atoms with Crippen LogP contribution in [0.5, 0.6) is 0 Å². The SMILES string of the molecule is CC(C)(C)c1ccc2c(c1)[cH-]c1cc(C(C)(C)C)ccc12.CC(C)c1cc[c-]cc1.[CH-]1CCCC1.[CH2]=[Zr].c1cc[cH-]c1. The third-order valence-corrected chi connectivity index (χ3v) is 7.47. The van der Waals surface area contributed by atoms with Gasteiger partial charge in [0.1, 0.15) is 0 Å². The molecule has 0 aromatic heterocycles. The molecule has 1 fully saturated rings. The quantitative estimate of drug-likeness (QED) is 0.161. The van der Waals surface area contributed by atoms with Gasteiger partial charge in [-0.1, -0.05) is 104 Å². The van der Waals surface area contributed by atoms with Crippen molar-refractivity contribution in [3.8, 4) is 0 Å². The van der Waals surface area contributed by atoms with Gasteiger partial charge in [-0.2, -0.15) is 66.9 Å². The summed E-state index contributed by atoms with van der Waals surface area (Å²) < 4.78 is 3.34. The molecule has 0 atom stereocenters. The Morgan fingerprint density at radius 3 is 1.45 bits per heavy atom. The van der Waals surface area contributed by atoms with Gasteiger partial charge in [0, 0.05) is 0 Å². The van der Waals surface area contributed by atoms with Gasteiger partial charge < -0.3 is 6.42 Å². The number of fused-ring (bicyclic) bond motifs is 3. The zero-order chi connectivity index (χ0) is 31.2. The Labute approximate surface area is 272 Å². The summed E-state index contributed by atoms with van der Waals surface area (Å²) in [4.78, 5) is 0. The normalized spacial score (nSPS) is 12.7. The van der Waals surface area contributed by atoms with Crippen LogP contribution in [0.3, 0.4) is 0 Å². The summed E-state index contributed by atoms with van der Waals surface area (Å²) in [6.07, 6.45) is 8.00. The van der Waals surface area contributed by atoms with Gasteiger partial charge in [0.25, 0.3) is 0 Å². The van der Waals surface area contributed by atoms with E-state index < -0.39 is 0 Å². The largest absolute Gasteiger partial charge is 0.214 e. The van der Waals surface area contributed by atoms with Crippen LogP contribution >= 0.6 is 0 Å². The summed E-state index contributed by atoms with van der Waals surface area (Å²) in [5.74, 6) is 0.639. The topological polar surface area (TPSA) is 0 Å². The second-order valence-corrected chi connectivity index (χ2v) is 13.3. The van der Waals surface area contributed by atoms with Crippen molar-refractivity contribution < 1.29 is 24.2 Å². The third-order valence-electron chi connectivity index (χ3n) is 7.47. The summed E-state index contributed by atoms with van der Waals surface area (Å²) in [5.41, 5.74) is 4.60. The standard InChI is InChI=1S/C21H25.C9H11.C5H9.C5H5.CH2.Zr/c1-20(2,3)16-7-9-18-14(12-16)11-15-13-17(21(4,5)6)8-10-19(15)18;1-8(2)9-6-4-3-5-7-9;2*1-2-4-5-3-1;;/h7-13H,1-6H3;4-8H,1-2H3;1H,2-5H2;1-5H;1H2;/q4*-1;;. The van der Waals surface area contributed by atoms with Crippen LogP contribution < -0.4 is 0 Å². The van der Waals surface area contributed by atoms with Crippen molar-refractivity contribution in [1.29, 1.82) is 0 Å². The number of hydrogen-bond acceptors (Lipinski definition) is 0. The van der Waals surface area contributed by atoms with Crippen molar-refractivity contribution in [3.05, 3.63) is 126 Å². The molecule has 224 valence electrons.